The van der Waals surface area contributed by atoms with E-state index in [-0.39, 0.29) is 18.0 Å². The fourth-order valence-corrected chi connectivity index (χ4v) is 1.87. The van der Waals surface area contributed by atoms with Crippen molar-refractivity contribution in [3.63, 3.8) is 0 Å². The molecule has 0 atom stereocenters. The van der Waals surface area contributed by atoms with Crippen LogP contribution in [0.3, 0.4) is 0 Å². The van der Waals surface area contributed by atoms with Gasteiger partial charge in [-0.25, -0.2) is 4.39 Å². The number of nitrogens with one attached hydrogen (secondary N) is 1. The molecule has 0 aliphatic heterocycles. The van der Waals surface area contributed by atoms with Gasteiger partial charge in [-0.05, 0) is 36.6 Å². The first-order valence-electron chi connectivity index (χ1n) is 5.84. The molecule has 92 valence electrons. The quantitative estimate of drug-likeness (QED) is 0.847. The molecule has 1 N–H and O–H groups in total. The molecular weight excluding hydrogens is 241 g/mol. The van der Waals surface area contributed by atoms with E-state index in [4.69, 9.17) is 11.6 Å². The van der Waals surface area contributed by atoms with Gasteiger partial charge in [0.05, 0.1) is 0 Å². The summed E-state index contributed by atoms with van der Waals surface area (Å²) in [6.45, 7) is 0.705. The zero-order valence-electron chi connectivity index (χ0n) is 9.51. The molecule has 1 saturated carbocycles. The van der Waals surface area contributed by atoms with Crippen molar-refractivity contribution in [2.24, 2.45) is 0 Å². The molecule has 0 saturated heterocycles. The second kappa shape index (κ2) is 5.61. The highest BCUT2D eigenvalue weighted by Crippen LogP contribution is 2.19. The Bertz CT molecular complexity index is 418. The van der Waals surface area contributed by atoms with Crippen molar-refractivity contribution in [2.45, 2.75) is 31.7 Å². The number of carbonyl (C=O) groups is 1. The van der Waals surface area contributed by atoms with Crippen LogP contribution >= 0.6 is 11.6 Å². The van der Waals surface area contributed by atoms with Gasteiger partial charge in [0.1, 0.15) is 11.6 Å². The van der Waals surface area contributed by atoms with Crippen LogP contribution in [0.1, 0.15) is 24.8 Å². The van der Waals surface area contributed by atoms with Crippen molar-refractivity contribution >= 4 is 17.4 Å². The highest BCUT2D eigenvalue weighted by atomic mass is 35.5. The standard InChI is InChI=1S/C13H15ClFNO/c14-13-4-1-10(15)7-9(13)8-12(17)5-6-16-11-2-3-11/h1,4,7,11,16H,2-3,5-6,8H2. The second-order valence-electron chi connectivity index (χ2n) is 4.43. The van der Waals surface area contributed by atoms with Gasteiger partial charge < -0.3 is 5.32 Å². The fourth-order valence-electron chi connectivity index (χ4n) is 1.68. The van der Waals surface area contributed by atoms with E-state index in [9.17, 15) is 9.18 Å². The smallest absolute Gasteiger partial charge is 0.138 e. The molecule has 0 heterocycles. The van der Waals surface area contributed by atoms with Crippen molar-refractivity contribution < 1.29 is 9.18 Å². The van der Waals surface area contributed by atoms with Gasteiger partial charge in [0.25, 0.3) is 0 Å². The molecule has 2 rings (SSSR count). The summed E-state index contributed by atoms with van der Waals surface area (Å²) >= 11 is 5.90. The van der Waals surface area contributed by atoms with E-state index >= 15 is 0 Å². The molecular formula is C13H15ClFNO. The maximum atomic E-state index is 13.0. The summed E-state index contributed by atoms with van der Waals surface area (Å²) in [5.74, 6) is -0.265. The van der Waals surface area contributed by atoms with Gasteiger partial charge in [0, 0.05) is 30.5 Å². The number of halogens is 2. The molecule has 17 heavy (non-hydrogen) atoms. The Morgan fingerprint density at radius 1 is 1.47 bits per heavy atom. The van der Waals surface area contributed by atoms with Crippen LogP contribution in [-0.4, -0.2) is 18.4 Å². The summed E-state index contributed by atoms with van der Waals surface area (Å²) in [6.07, 6.45) is 3.11. The highest BCUT2D eigenvalue weighted by molar-refractivity contribution is 6.31. The minimum absolute atomic E-state index is 0.0886. The van der Waals surface area contributed by atoms with Gasteiger partial charge in [-0.15, -0.1) is 0 Å². The SMILES string of the molecule is O=C(CCNC1CC1)Cc1cc(F)ccc1Cl. The van der Waals surface area contributed by atoms with E-state index < -0.39 is 0 Å². The topological polar surface area (TPSA) is 29.1 Å². The van der Waals surface area contributed by atoms with Crippen LogP contribution in [0.2, 0.25) is 5.02 Å². The average molecular weight is 256 g/mol. The third-order valence-electron chi connectivity index (χ3n) is 2.81. The minimum Gasteiger partial charge on any atom is -0.314 e. The predicted octanol–water partition coefficient (Wildman–Crippen LogP) is 2.73. The molecule has 0 amide bonds. The molecule has 2 nitrogen and oxygen atoms in total. The molecule has 1 aliphatic carbocycles. The van der Waals surface area contributed by atoms with Gasteiger partial charge in [-0.2, -0.15) is 0 Å². The number of rotatable bonds is 6. The summed E-state index contributed by atoms with van der Waals surface area (Å²) in [7, 11) is 0. The molecule has 0 unspecified atom stereocenters. The monoisotopic (exact) mass is 255 g/mol. The lowest BCUT2D eigenvalue weighted by atomic mass is 10.1. The molecule has 0 spiro atoms. The lowest BCUT2D eigenvalue weighted by Gasteiger charge is -2.05. The lowest BCUT2D eigenvalue weighted by Crippen LogP contribution is -2.20. The Morgan fingerprint density at radius 3 is 2.94 bits per heavy atom. The van der Waals surface area contributed by atoms with E-state index in [0.29, 0.717) is 29.6 Å². The molecule has 1 aromatic rings. The van der Waals surface area contributed by atoms with Gasteiger partial charge in [-0.3, -0.25) is 4.79 Å². The van der Waals surface area contributed by atoms with Crippen molar-refractivity contribution in [2.75, 3.05) is 6.54 Å². The maximum Gasteiger partial charge on any atom is 0.138 e. The molecule has 1 aliphatic rings. The Kier molecular flexibility index (Phi) is 4.13. The van der Waals surface area contributed by atoms with Gasteiger partial charge in [0.15, 0.2) is 0 Å². The van der Waals surface area contributed by atoms with Gasteiger partial charge in [0.2, 0.25) is 0 Å². The Balaban J connectivity index is 1.81. The number of ketones is 1. The van der Waals surface area contributed by atoms with Crippen LogP contribution in [0.15, 0.2) is 18.2 Å². The number of benzene rings is 1. The Hall–Kier alpha value is -0.930. The molecule has 1 fully saturated rings. The molecule has 1 aromatic carbocycles. The summed E-state index contributed by atoms with van der Waals surface area (Å²) in [4.78, 5) is 11.7. The number of hydrogen-bond acceptors (Lipinski definition) is 2. The largest absolute Gasteiger partial charge is 0.314 e. The van der Waals surface area contributed by atoms with E-state index in [2.05, 4.69) is 5.32 Å². The third-order valence-corrected chi connectivity index (χ3v) is 3.18. The van der Waals surface area contributed by atoms with Crippen LogP contribution < -0.4 is 5.32 Å². The first kappa shape index (κ1) is 12.5. The summed E-state index contributed by atoms with van der Waals surface area (Å²) < 4.78 is 13.0. The second-order valence-corrected chi connectivity index (χ2v) is 4.84. The number of carbonyl (C=O) groups excluding carboxylic acids is 1. The third kappa shape index (κ3) is 4.10. The van der Waals surface area contributed by atoms with E-state index in [1.807, 2.05) is 0 Å². The van der Waals surface area contributed by atoms with E-state index in [0.717, 1.165) is 0 Å². The predicted molar refractivity (Wildman–Crippen MR) is 65.8 cm³/mol. The first-order valence-corrected chi connectivity index (χ1v) is 6.22. The van der Waals surface area contributed by atoms with Crippen LogP contribution in [0.5, 0.6) is 0 Å². The fraction of sp³-hybridized carbons (Fsp3) is 0.462. The summed E-state index contributed by atoms with van der Waals surface area (Å²) in [6, 6.07) is 4.72. The Labute approximate surface area is 105 Å². The number of hydrogen-bond donors (Lipinski definition) is 1. The zero-order valence-corrected chi connectivity index (χ0v) is 10.3. The van der Waals surface area contributed by atoms with Gasteiger partial charge in [-0.1, -0.05) is 11.6 Å². The summed E-state index contributed by atoms with van der Waals surface area (Å²) in [5.41, 5.74) is 0.572. The van der Waals surface area contributed by atoms with Crippen LogP contribution in [0, 0.1) is 5.82 Å². The van der Waals surface area contributed by atoms with Crippen molar-refractivity contribution in [3.8, 4) is 0 Å². The van der Waals surface area contributed by atoms with Crippen LogP contribution in [0.25, 0.3) is 0 Å². The van der Waals surface area contributed by atoms with Crippen LogP contribution in [-0.2, 0) is 11.2 Å². The van der Waals surface area contributed by atoms with Crippen molar-refractivity contribution in [1.82, 2.24) is 5.32 Å². The molecule has 0 aromatic heterocycles. The number of Topliss-reactive ketones (excluding diaryl/α,β-unsaturated/α-hetero) is 1. The maximum absolute atomic E-state index is 13.0. The van der Waals surface area contributed by atoms with Gasteiger partial charge >= 0.3 is 0 Å². The average Bonchev–Trinajstić information content (AvgIpc) is 3.07. The van der Waals surface area contributed by atoms with Crippen molar-refractivity contribution in [1.29, 1.82) is 0 Å². The summed E-state index contributed by atoms with van der Waals surface area (Å²) in [5, 5.41) is 3.72. The normalized spacial score (nSPS) is 14.9. The Morgan fingerprint density at radius 2 is 2.24 bits per heavy atom. The molecule has 0 radical (unpaired) electrons. The van der Waals surface area contributed by atoms with Crippen molar-refractivity contribution in [3.05, 3.63) is 34.6 Å². The highest BCUT2D eigenvalue weighted by Gasteiger charge is 2.20. The lowest BCUT2D eigenvalue weighted by molar-refractivity contribution is -0.118. The van der Waals surface area contributed by atoms with Crippen LogP contribution in [0.4, 0.5) is 4.39 Å². The minimum atomic E-state index is -0.353. The first-order chi connectivity index (χ1) is 8.15. The van der Waals surface area contributed by atoms with E-state index in [1.54, 1.807) is 0 Å². The molecule has 0 bridgehead atoms. The molecule has 4 heteroatoms. The van der Waals surface area contributed by atoms with E-state index in [1.165, 1.54) is 31.0 Å². The zero-order chi connectivity index (χ0) is 12.3.